The number of rotatable bonds is 5. The van der Waals surface area contributed by atoms with Gasteiger partial charge in [0.15, 0.2) is 0 Å². The number of benzene rings is 2. The third kappa shape index (κ3) is 4.23. The lowest BCUT2D eigenvalue weighted by molar-refractivity contribution is -0.131. The Bertz CT molecular complexity index is 725. The van der Waals surface area contributed by atoms with Crippen LogP contribution in [0.4, 0.5) is 5.69 Å². The van der Waals surface area contributed by atoms with E-state index in [1.807, 2.05) is 70.5 Å². The van der Waals surface area contributed by atoms with Gasteiger partial charge < -0.3 is 14.7 Å². The lowest BCUT2D eigenvalue weighted by atomic mass is 10.2. The summed E-state index contributed by atoms with van der Waals surface area (Å²) in [5.74, 6) is 0.152. The second-order valence-electron chi connectivity index (χ2n) is 6.39. The van der Waals surface area contributed by atoms with Crippen molar-refractivity contribution in [3.8, 4) is 0 Å². The highest BCUT2D eigenvalue weighted by Gasteiger charge is 2.25. The van der Waals surface area contributed by atoms with Crippen LogP contribution in [0.1, 0.15) is 17.3 Å². The largest absolute Gasteiger partial charge is 0.362 e. The SMILES string of the molecule is CCN(CC(=O)N1CCN(C(=O)c2ccccc2)CC1)c1ccccc1. The van der Waals surface area contributed by atoms with E-state index in [0.717, 1.165) is 12.2 Å². The number of hydrogen-bond acceptors (Lipinski definition) is 3. The summed E-state index contributed by atoms with van der Waals surface area (Å²) in [6.07, 6.45) is 0. The van der Waals surface area contributed by atoms with Crippen LogP contribution in [0.5, 0.6) is 0 Å². The molecule has 0 N–H and O–H groups in total. The molecule has 2 aromatic rings. The number of nitrogens with zero attached hydrogens (tertiary/aromatic N) is 3. The molecule has 2 aromatic carbocycles. The van der Waals surface area contributed by atoms with Gasteiger partial charge in [-0.05, 0) is 31.2 Å². The predicted molar refractivity (Wildman–Crippen MR) is 103 cm³/mol. The summed E-state index contributed by atoms with van der Waals surface area (Å²) < 4.78 is 0. The van der Waals surface area contributed by atoms with Crippen molar-refractivity contribution in [1.82, 2.24) is 9.80 Å². The Labute approximate surface area is 154 Å². The van der Waals surface area contributed by atoms with Crippen molar-refractivity contribution in [2.24, 2.45) is 0 Å². The molecule has 1 saturated heterocycles. The fraction of sp³-hybridized carbons (Fsp3) is 0.333. The average molecular weight is 351 g/mol. The topological polar surface area (TPSA) is 43.9 Å². The van der Waals surface area contributed by atoms with Crippen LogP contribution in [0, 0.1) is 0 Å². The minimum absolute atomic E-state index is 0.0390. The molecule has 2 amide bonds. The smallest absolute Gasteiger partial charge is 0.253 e. The van der Waals surface area contributed by atoms with Crippen LogP contribution in [-0.2, 0) is 4.79 Å². The molecule has 0 radical (unpaired) electrons. The number of piperazine rings is 1. The van der Waals surface area contributed by atoms with Crippen molar-refractivity contribution < 1.29 is 9.59 Å². The van der Waals surface area contributed by atoms with Gasteiger partial charge in [-0.2, -0.15) is 0 Å². The van der Waals surface area contributed by atoms with E-state index in [2.05, 4.69) is 11.8 Å². The standard InChI is InChI=1S/C21H25N3O2/c1-2-22(19-11-7-4-8-12-19)17-20(25)23-13-15-24(16-14-23)21(26)18-9-5-3-6-10-18/h3-12H,2,13-17H2,1H3. The van der Waals surface area contributed by atoms with Crippen LogP contribution in [0.2, 0.25) is 0 Å². The van der Waals surface area contributed by atoms with Crippen LogP contribution < -0.4 is 4.90 Å². The third-order valence-corrected chi connectivity index (χ3v) is 4.77. The quantitative estimate of drug-likeness (QED) is 0.831. The number of hydrogen-bond donors (Lipinski definition) is 0. The van der Waals surface area contributed by atoms with E-state index in [1.54, 1.807) is 0 Å². The van der Waals surface area contributed by atoms with E-state index in [0.29, 0.717) is 38.3 Å². The van der Waals surface area contributed by atoms with Crippen molar-refractivity contribution in [2.45, 2.75) is 6.92 Å². The normalized spacial score (nSPS) is 14.2. The summed E-state index contributed by atoms with van der Waals surface area (Å²) in [6.45, 7) is 5.54. The van der Waals surface area contributed by atoms with E-state index in [9.17, 15) is 9.59 Å². The van der Waals surface area contributed by atoms with Crippen LogP contribution in [0.15, 0.2) is 60.7 Å². The molecule has 0 spiro atoms. The molecule has 1 aliphatic rings. The molecule has 3 rings (SSSR count). The Morgan fingerprint density at radius 1 is 0.846 bits per heavy atom. The van der Waals surface area contributed by atoms with Gasteiger partial charge in [0, 0.05) is 44.0 Å². The number of amides is 2. The molecule has 0 saturated carbocycles. The summed E-state index contributed by atoms with van der Waals surface area (Å²) in [5, 5.41) is 0. The maximum absolute atomic E-state index is 12.7. The number of carbonyl (C=O) groups excluding carboxylic acids is 2. The first kappa shape index (κ1) is 18.0. The van der Waals surface area contributed by atoms with Crippen LogP contribution in [0.3, 0.4) is 0 Å². The van der Waals surface area contributed by atoms with Crippen molar-refractivity contribution in [3.05, 3.63) is 66.2 Å². The highest BCUT2D eigenvalue weighted by molar-refractivity contribution is 5.94. The second kappa shape index (κ2) is 8.52. The van der Waals surface area contributed by atoms with Crippen molar-refractivity contribution in [3.63, 3.8) is 0 Å². The maximum Gasteiger partial charge on any atom is 0.253 e. The molecule has 5 heteroatoms. The van der Waals surface area contributed by atoms with Crippen LogP contribution >= 0.6 is 0 Å². The van der Waals surface area contributed by atoms with Gasteiger partial charge in [-0.25, -0.2) is 0 Å². The van der Waals surface area contributed by atoms with E-state index in [-0.39, 0.29) is 11.8 Å². The van der Waals surface area contributed by atoms with Gasteiger partial charge in [-0.3, -0.25) is 9.59 Å². The second-order valence-corrected chi connectivity index (χ2v) is 6.39. The fourth-order valence-electron chi connectivity index (χ4n) is 3.21. The zero-order valence-corrected chi connectivity index (χ0v) is 15.2. The van der Waals surface area contributed by atoms with E-state index < -0.39 is 0 Å². The lowest BCUT2D eigenvalue weighted by Gasteiger charge is -2.36. The maximum atomic E-state index is 12.7. The van der Waals surface area contributed by atoms with E-state index in [4.69, 9.17) is 0 Å². The number of para-hydroxylation sites is 1. The van der Waals surface area contributed by atoms with Crippen molar-refractivity contribution >= 4 is 17.5 Å². The fourth-order valence-corrected chi connectivity index (χ4v) is 3.21. The molecular formula is C21H25N3O2. The Morgan fingerprint density at radius 3 is 1.96 bits per heavy atom. The Balaban J connectivity index is 1.54. The van der Waals surface area contributed by atoms with Gasteiger partial charge in [-0.15, -0.1) is 0 Å². The molecular weight excluding hydrogens is 326 g/mol. The van der Waals surface area contributed by atoms with Crippen LogP contribution in [0.25, 0.3) is 0 Å². The van der Waals surface area contributed by atoms with Gasteiger partial charge in [-0.1, -0.05) is 36.4 Å². The summed E-state index contributed by atoms with van der Waals surface area (Å²) in [6, 6.07) is 19.3. The molecule has 1 fully saturated rings. The summed E-state index contributed by atoms with van der Waals surface area (Å²) in [5.41, 5.74) is 1.76. The Hall–Kier alpha value is -2.82. The Morgan fingerprint density at radius 2 is 1.38 bits per heavy atom. The zero-order chi connectivity index (χ0) is 18.4. The molecule has 0 bridgehead atoms. The monoisotopic (exact) mass is 351 g/mol. The molecule has 0 unspecified atom stereocenters. The van der Waals surface area contributed by atoms with Gasteiger partial charge in [0.05, 0.1) is 6.54 Å². The summed E-state index contributed by atoms with van der Waals surface area (Å²) >= 11 is 0. The first-order valence-corrected chi connectivity index (χ1v) is 9.11. The van der Waals surface area contributed by atoms with Crippen molar-refractivity contribution in [2.75, 3.05) is 44.2 Å². The summed E-state index contributed by atoms with van der Waals surface area (Å²) in [7, 11) is 0. The molecule has 0 aliphatic carbocycles. The number of likely N-dealkylation sites (N-methyl/N-ethyl adjacent to an activating group) is 1. The van der Waals surface area contributed by atoms with Gasteiger partial charge in [0.2, 0.25) is 5.91 Å². The van der Waals surface area contributed by atoms with Gasteiger partial charge in [0.1, 0.15) is 0 Å². The molecule has 136 valence electrons. The first-order valence-electron chi connectivity index (χ1n) is 9.11. The zero-order valence-electron chi connectivity index (χ0n) is 15.2. The predicted octanol–water partition coefficient (Wildman–Crippen LogP) is 2.50. The minimum atomic E-state index is 0.0390. The molecule has 5 nitrogen and oxygen atoms in total. The highest BCUT2D eigenvalue weighted by Crippen LogP contribution is 2.14. The molecule has 26 heavy (non-hydrogen) atoms. The van der Waals surface area contributed by atoms with Gasteiger partial charge >= 0.3 is 0 Å². The average Bonchev–Trinajstić information content (AvgIpc) is 2.72. The van der Waals surface area contributed by atoms with Crippen LogP contribution in [-0.4, -0.2) is 60.9 Å². The van der Waals surface area contributed by atoms with E-state index >= 15 is 0 Å². The van der Waals surface area contributed by atoms with E-state index in [1.165, 1.54) is 0 Å². The third-order valence-electron chi connectivity index (χ3n) is 4.77. The van der Waals surface area contributed by atoms with Crippen molar-refractivity contribution in [1.29, 1.82) is 0 Å². The minimum Gasteiger partial charge on any atom is -0.362 e. The summed E-state index contributed by atoms with van der Waals surface area (Å²) in [4.78, 5) is 30.9. The molecule has 1 heterocycles. The first-order chi connectivity index (χ1) is 12.7. The molecule has 0 atom stereocenters. The Kier molecular flexibility index (Phi) is 5.89. The van der Waals surface area contributed by atoms with Gasteiger partial charge in [0.25, 0.3) is 5.91 Å². The molecule has 1 aliphatic heterocycles. The highest BCUT2D eigenvalue weighted by atomic mass is 16.2. The molecule has 0 aromatic heterocycles. The number of anilines is 1. The number of carbonyl (C=O) groups is 2. The lowest BCUT2D eigenvalue weighted by Crippen LogP contribution is -2.52.